The zero-order chi connectivity index (χ0) is 18.1. The van der Waals surface area contributed by atoms with E-state index in [-0.39, 0.29) is 12.5 Å². The summed E-state index contributed by atoms with van der Waals surface area (Å²) in [5.74, 6) is 1.02. The van der Waals surface area contributed by atoms with Crippen LogP contribution < -0.4 is 14.8 Å². The largest absolute Gasteiger partial charge is 0.497 e. The number of halogens is 1. The zero-order valence-corrected chi connectivity index (χ0v) is 14.7. The molecule has 0 fully saturated rings. The van der Waals surface area contributed by atoms with Crippen molar-refractivity contribution in [3.63, 3.8) is 0 Å². The van der Waals surface area contributed by atoms with Gasteiger partial charge in [0, 0.05) is 17.1 Å². The molecule has 2 aromatic carbocycles. The second-order valence-electron chi connectivity index (χ2n) is 5.02. The van der Waals surface area contributed by atoms with Crippen LogP contribution >= 0.6 is 11.6 Å². The van der Waals surface area contributed by atoms with Crippen molar-refractivity contribution in [2.24, 2.45) is 5.16 Å². The number of methoxy groups -OCH3 is 2. The number of nitrogens with zero attached hydrogens (tertiary/aromatic N) is 1. The number of rotatable bonds is 8. The summed E-state index contributed by atoms with van der Waals surface area (Å²) in [7, 11) is 3.13. The van der Waals surface area contributed by atoms with Crippen molar-refractivity contribution in [2.75, 3.05) is 20.8 Å². The first-order valence-corrected chi connectivity index (χ1v) is 7.88. The van der Waals surface area contributed by atoms with E-state index < -0.39 is 0 Å². The van der Waals surface area contributed by atoms with E-state index in [4.69, 9.17) is 25.9 Å². The van der Waals surface area contributed by atoms with Crippen molar-refractivity contribution < 1.29 is 19.1 Å². The lowest BCUT2D eigenvalue weighted by molar-refractivity contribution is -0.125. The molecule has 0 saturated heterocycles. The molecular weight excluding hydrogens is 344 g/mol. The van der Waals surface area contributed by atoms with Gasteiger partial charge < -0.3 is 19.6 Å². The molecule has 0 aromatic heterocycles. The number of carbonyl (C=O) groups excluding carboxylic acids is 1. The van der Waals surface area contributed by atoms with Gasteiger partial charge in [-0.25, -0.2) is 0 Å². The topological polar surface area (TPSA) is 69.1 Å². The maximum Gasteiger partial charge on any atom is 0.261 e. The molecule has 25 heavy (non-hydrogen) atoms. The summed E-state index contributed by atoms with van der Waals surface area (Å²) in [5, 5.41) is 7.18. The molecule has 0 bridgehead atoms. The number of benzene rings is 2. The first-order valence-electron chi connectivity index (χ1n) is 7.51. The Labute approximate surface area is 151 Å². The highest BCUT2D eigenvalue weighted by atomic mass is 35.5. The highest BCUT2D eigenvalue weighted by molar-refractivity contribution is 6.30. The minimum absolute atomic E-state index is 0.184. The molecular formula is C18H19ClN2O4. The molecule has 7 heteroatoms. The van der Waals surface area contributed by atoms with Crippen molar-refractivity contribution in [1.82, 2.24) is 5.32 Å². The first-order chi connectivity index (χ1) is 12.1. The molecule has 2 aromatic rings. The predicted octanol–water partition coefficient (Wildman–Crippen LogP) is 3.02. The molecule has 6 nitrogen and oxygen atoms in total. The fraction of sp³-hybridized carbons (Fsp3) is 0.222. The molecule has 0 heterocycles. The Morgan fingerprint density at radius 3 is 2.60 bits per heavy atom. The summed E-state index contributed by atoms with van der Waals surface area (Å²) in [6.07, 6.45) is 1.47. The maximum absolute atomic E-state index is 11.7. The molecule has 1 amide bonds. The Morgan fingerprint density at radius 1 is 1.16 bits per heavy atom. The number of amides is 1. The quantitative estimate of drug-likeness (QED) is 0.579. The second-order valence-corrected chi connectivity index (χ2v) is 5.46. The third-order valence-electron chi connectivity index (χ3n) is 3.30. The van der Waals surface area contributed by atoms with E-state index in [1.807, 2.05) is 12.1 Å². The van der Waals surface area contributed by atoms with E-state index in [2.05, 4.69) is 10.5 Å². The van der Waals surface area contributed by atoms with Crippen LogP contribution in [0.1, 0.15) is 11.1 Å². The normalized spacial score (nSPS) is 10.5. The number of hydrogen-bond donors (Lipinski definition) is 1. The smallest absolute Gasteiger partial charge is 0.261 e. The molecule has 0 saturated carbocycles. The van der Waals surface area contributed by atoms with E-state index in [9.17, 15) is 4.79 Å². The summed E-state index contributed by atoms with van der Waals surface area (Å²) in [4.78, 5) is 16.8. The second kappa shape index (κ2) is 9.54. The lowest BCUT2D eigenvalue weighted by atomic mass is 10.2. The van der Waals surface area contributed by atoms with Gasteiger partial charge >= 0.3 is 0 Å². The minimum atomic E-state index is -0.273. The number of ether oxygens (including phenoxy) is 2. The van der Waals surface area contributed by atoms with Crippen molar-refractivity contribution >= 4 is 23.7 Å². The monoisotopic (exact) mass is 362 g/mol. The molecule has 0 atom stereocenters. The highest BCUT2D eigenvalue weighted by Crippen LogP contribution is 2.22. The van der Waals surface area contributed by atoms with Crippen LogP contribution in [-0.2, 0) is 16.2 Å². The van der Waals surface area contributed by atoms with Crippen molar-refractivity contribution in [1.29, 1.82) is 0 Å². The standard InChI is InChI=1S/C18H19ClN2O4/c1-23-16-7-8-17(24-2)14(9-16)11-21-25-12-18(22)20-10-13-3-5-15(19)6-4-13/h3-9,11H,10,12H2,1-2H3,(H,20,22)/b21-11+. The highest BCUT2D eigenvalue weighted by Gasteiger charge is 2.04. The summed E-state index contributed by atoms with van der Waals surface area (Å²) in [6, 6.07) is 12.5. The maximum atomic E-state index is 11.7. The Morgan fingerprint density at radius 2 is 1.92 bits per heavy atom. The van der Waals surface area contributed by atoms with Gasteiger partial charge in [-0.2, -0.15) is 0 Å². The molecule has 0 aliphatic rings. The van der Waals surface area contributed by atoms with Crippen molar-refractivity contribution in [3.8, 4) is 11.5 Å². The van der Waals surface area contributed by atoms with Crippen molar-refractivity contribution in [3.05, 3.63) is 58.6 Å². The average molecular weight is 363 g/mol. The van der Waals surface area contributed by atoms with Crippen LogP contribution in [0.4, 0.5) is 0 Å². The minimum Gasteiger partial charge on any atom is -0.497 e. The molecule has 132 valence electrons. The van der Waals surface area contributed by atoms with Crippen LogP contribution in [-0.4, -0.2) is 32.9 Å². The average Bonchev–Trinajstić information content (AvgIpc) is 2.64. The molecule has 0 spiro atoms. The number of nitrogens with one attached hydrogen (secondary N) is 1. The summed E-state index contributed by atoms with van der Waals surface area (Å²) in [6.45, 7) is 0.211. The van der Waals surface area contributed by atoms with Gasteiger partial charge in [-0.1, -0.05) is 28.9 Å². The Kier molecular flexibility index (Phi) is 7.10. The van der Waals surface area contributed by atoms with Crippen LogP contribution in [0.5, 0.6) is 11.5 Å². The van der Waals surface area contributed by atoms with Gasteiger partial charge in [0.15, 0.2) is 6.61 Å². The Balaban J connectivity index is 1.80. The molecule has 2 rings (SSSR count). The van der Waals surface area contributed by atoms with E-state index in [1.54, 1.807) is 44.6 Å². The Hall–Kier alpha value is -2.73. The first kappa shape index (κ1) is 18.6. The van der Waals surface area contributed by atoms with E-state index in [0.29, 0.717) is 28.6 Å². The van der Waals surface area contributed by atoms with Gasteiger partial charge in [-0.15, -0.1) is 0 Å². The molecule has 0 aliphatic heterocycles. The van der Waals surface area contributed by atoms with Gasteiger partial charge in [-0.3, -0.25) is 4.79 Å². The summed E-state index contributed by atoms with van der Waals surface area (Å²) >= 11 is 5.81. The van der Waals surface area contributed by atoms with E-state index >= 15 is 0 Å². The van der Waals surface area contributed by atoms with Crippen LogP contribution in [0, 0.1) is 0 Å². The number of hydrogen-bond acceptors (Lipinski definition) is 5. The van der Waals surface area contributed by atoms with Crippen LogP contribution in [0.15, 0.2) is 47.6 Å². The fourth-order valence-electron chi connectivity index (χ4n) is 1.98. The van der Waals surface area contributed by atoms with Gasteiger partial charge in [0.2, 0.25) is 0 Å². The van der Waals surface area contributed by atoms with Crippen LogP contribution in [0.3, 0.4) is 0 Å². The van der Waals surface area contributed by atoms with E-state index in [0.717, 1.165) is 5.56 Å². The van der Waals surface area contributed by atoms with Crippen molar-refractivity contribution in [2.45, 2.75) is 6.54 Å². The third kappa shape index (κ3) is 6.00. The molecule has 0 radical (unpaired) electrons. The van der Waals surface area contributed by atoms with Gasteiger partial charge in [0.05, 0.1) is 20.4 Å². The third-order valence-corrected chi connectivity index (χ3v) is 3.55. The van der Waals surface area contributed by atoms with Crippen LogP contribution in [0.2, 0.25) is 5.02 Å². The molecule has 0 unspecified atom stereocenters. The summed E-state index contributed by atoms with van der Waals surface area (Å²) in [5.41, 5.74) is 1.63. The number of oxime groups is 1. The molecule has 1 N–H and O–H groups in total. The van der Waals surface area contributed by atoms with Gasteiger partial charge in [0.25, 0.3) is 5.91 Å². The molecule has 0 aliphatic carbocycles. The summed E-state index contributed by atoms with van der Waals surface area (Å²) < 4.78 is 10.4. The fourth-order valence-corrected chi connectivity index (χ4v) is 2.11. The van der Waals surface area contributed by atoms with E-state index in [1.165, 1.54) is 6.21 Å². The lowest BCUT2D eigenvalue weighted by Gasteiger charge is -2.07. The predicted molar refractivity (Wildman–Crippen MR) is 96.4 cm³/mol. The van der Waals surface area contributed by atoms with Gasteiger partial charge in [-0.05, 0) is 35.9 Å². The zero-order valence-electron chi connectivity index (χ0n) is 14.0. The van der Waals surface area contributed by atoms with Gasteiger partial charge in [0.1, 0.15) is 11.5 Å². The Bertz CT molecular complexity index is 732. The SMILES string of the molecule is COc1ccc(OC)c(/C=N/OCC(=O)NCc2ccc(Cl)cc2)c1. The lowest BCUT2D eigenvalue weighted by Crippen LogP contribution is -2.26. The van der Waals surface area contributed by atoms with Crippen LogP contribution in [0.25, 0.3) is 0 Å². The number of carbonyl (C=O) groups is 1.